The lowest BCUT2D eigenvalue weighted by Crippen LogP contribution is -1.85. The van der Waals surface area contributed by atoms with Gasteiger partial charge in [0.25, 0.3) is 0 Å². The molecule has 1 aromatic carbocycles. The Kier molecular flexibility index (Phi) is 2.89. The number of aromatic nitrogens is 3. The van der Waals surface area contributed by atoms with Crippen LogP contribution in [-0.4, -0.2) is 15.2 Å². The van der Waals surface area contributed by atoms with Crippen molar-refractivity contribution in [2.24, 2.45) is 0 Å². The summed E-state index contributed by atoms with van der Waals surface area (Å²) in [5.74, 6) is 0. The summed E-state index contributed by atoms with van der Waals surface area (Å²) in [6.45, 7) is 2.00. The summed E-state index contributed by atoms with van der Waals surface area (Å²) in [6, 6.07) is 7.74. The molecule has 3 aromatic rings. The number of hydrogen-bond acceptors (Lipinski definition) is 6. The average Bonchev–Trinajstić information content (AvgIpc) is 2.70. The van der Waals surface area contributed by atoms with Gasteiger partial charge in [0.2, 0.25) is 0 Å². The lowest BCUT2D eigenvalue weighted by molar-refractivity contribution is 0.915. The van der Waals surface area contributed by atoms with Crippen LogP contribution in [0, 0.1) is 6.92 Å². The normalized spacial score (nSPS) is 10.9. The van der Waals surface area contributed by atoms with Gasteiger partial charge in [0.1, 0.15) is 5.03 Å². The van der Waals surface area contributed by atoms with E-state index in [1.54, 1.807) is 17.5 Å². The highest BCUT2D eigenvalue weighted by molar-refractivity contribution is 8.01. The van der Waals surface area contributed by atoms with Crippen LogP contribution in [0.15, 0.2) is 39.8 Å². The topological polar surface area (TPSA) is 64.7 Å². The van der Waals surface area contributed by atoms with E-state index < -0.39 is 0 Å². The second-order valence-electron chi connectivity index (χ2n) is 3.88. The maximum Gasteiger partial charge on any atom is 0.157 e. The highest BCUT2D eigenvalue weighted by Gasteiger charge is 2.07. The van der Waals surface area contributed by atoms with Gasteiger partial charge < -0.3 is 5.73 Å². The molecule has 0 fully saturated rings. The van der Waals surface area contributed by atoms with Crippen molar-refractivity contribution >= 4 is 39.0 Å². The molecule has 0 saturated carbocycles. The van der Waals surface area contributed by atoms with E-state index in [0.717, 1.165) is 30.8 Å². The Bertz CT molecular complexity index is 708. The number of nitrogen functional groups attached to an aromatic ring is 1. The van der Waals surface area contributed by atoms with Crippen LogP contribution in [0.25, 0.3) is 10.2 Å². The first-order chi connectivity index (χ1) is 8.70. The van der Waals surface area contributed by atoms with Crippen molar-refractivity contribution in [3.05, 3.63) is 36.0 Å². The Hall–Kier alpha value is -1.66. The Labute approximate surface area is 112 Å². The molecule has 0 radical (unpaired) electrons. The maximum absolute atomic E-state index is 5.76. The summed E-state index contributed by atoms with van der Waals surface area (Å²) in [4.78, 5) is 4.54. The number of nitrogens with zero attached hydrogens (tertiary/aromatic N) is 3. The van der Waals surface area contributed by atoms with Gasteiger partial charge in [-0.3, -0.25) is 0 Å². The SMILES string of the molecule is Cc1cnnc(Sc2nc3ccc(N)cc3s2)c1. The Morgan fingerprint density at radius 2 is 2.17 bits per heavy atom. The maximum atomic E-state index is 5.76. The number of thiazole rings is 1. The third-order valence-electron chi connectivity index (χ3n) is 2.35. The largest absolute Gasteiger partial charge is 0.399 e. The molecule has 0 aliphatic rings. The van der Waals surface area contributed by atoms with E-state index in [9.17, 15) is 0 Å². The van der Waals surface area contributed by atoms with Crippen molar-refractivity contribution in [3.63, 3.8) is 0 Å². The van der Waals surface area contributed by atoms with Crippen LogP contribution in [0.2, 0.25) is 0 Å². The van der Waals surface area contributed by atoms with Gasteiger partial charge in [-0.15, -0.1) is 16.4 Å². The average molecular weight is 274 g/mol. The molecule has 2 aromatic heterocycles. The molecule has 2 heterocycles. The minimum Gasteiger partial charge on any atom is -0.399 e. The number of fused-ring (bicyclic) bond motifs is 1. The first-order valence-corrected chi connectivity index (χ1v) is 6.97. The second kappa shape index (κ2) is 4.55. The third kappa shape index (κ3) is 2.30. The monoisotopic (exact) mass is 274 g/mol. The zero-order valence-corrected chi connectivity index (χ0v) is 11.3. The molecule has 3 rings (SSSR count). The summed E-state index contributed by atoms with van der Waals surface area (Å²) >= 11 is 3.14. The fraction of sp³-hybridized carbons (Fsp3) is 0.0833. The van der Waals surface area contributed by atoms with Gasteiger partial charge in [-0.25, -0.2) is 4.98 Å². The van der Waals surface area contributed by atoms with E-state index >= 15 is 0 Å². The number of benzene rings is 1. The van der Waals surface area contributed by atoms with E-state index in [2.05, 4.69) is 15.2 Å². The van der Waals surface area contributed by atoms with Gasteiger partial charge in [-0.2, -0.15) is 5.10 Å². The number of hydrogen-bond donors (Lipinski definition) is 1. The summed E-state index contributed by atoms with van der Waals surface area (Å²) in [6.07, 6.45) is 1.74. The smallest absolute Gasteiger partial charge is 0.157 e. The van der Waals surface area contributed by atoms with Gasteiger partial charge in [0.05, 0.1) is 16.4 Å². The quantitative estimate of drug-likeness (QED) is 0.727. The fourth-order valence-corrected chi connectivity index (χ4v) is 3.63. The zero-order valence-electron chi connectivity index (χ0n) is 9.62. The van der Waals surface area contributed by atoms with Crippen LogP contribution in [0.3, 0.4) is 0 Å². The fourth-order valence-electron chi connectivity index (χ4n) is 1.54. The summed E-state index contributed by atoms with van der Waals surface area (Å²) in [7, 11) is 0. The molecule has 6 heteroatoms. The molecule has 0 spiro atoms. The van der Waals surface area contributed by atoms with Gasteiger partial charge in [0.15, 0.2) is 4.34 Å². The minimum absolute atomic E-state index is 0.762. The second-order valence-corrected chi connectivity index (χ2v) is 6.18. The van der Waals surface area contributed by atoms with Crippen molar-refractivity contribution in [2.45, 2.75) is 16.3 Å². The molecular formula is C12H10N4S2. The van der Waals surface area contributed by atoms with Gasteiger partial charge >= 0.3 is 0 Å². The molecule has 90 valence electrons. The van der Waals surface area contributed by atoms with Crippen LogP contribution in [-0.2, 0) is 0 Å². The Morgan fingerprint density at radius 1 is 1.28 bits per heavy atom. The van der Waals surface area contributed by atoms with E-state index in [4.69, 9.17) is 5.73 Å². The van der Waals surface area contributed by atoms with Crippen molar-refractivity contribution in [1.82, 2.24) is 15.2 Å². The van der Waals surface area contributed by atoms with Crippen molar-refractivity contribution in [3.8, 4) is 0 Å². The standard InChI is InChI=1S/C12H10N4S2/c1-7-4-11(16-14-6-7)18-12-15-9-3-2-8(13)5-10(9)17-12/h2-6H,13H2,1H3. The number of aryl methyl sites for hydroxylation is 1. The molecule has 0 amide bonds. The highest BCUT2D eigenvalue weighted by Crippen LogP contribution is 2.34. The van der Waals surface area contributed by atoms with Crippen molar-refractivity contribution in [2.75, 3.05) is 5.73 Å². The van der Waals surface area contributed by atoms with E-state index in [1.807, 2.05) is 31.2 Å². The van der Waals surface area contributed by atoms with Crippen LogP contribution in [0.4, 0.5) is 5.69 Å². The molecule has 0 bridgehead atoms. The minimum atomic E-state index is 0.762. The first-order valence-electron chi connectivity index (χ1n) is 5.34. The van der Waals surface area contributed by atoms with Crippen LogP contribution in [0.5, 0.6) is 0 Å². The molecule has 0 unspecified atom stereocenters. The van der Waals surface area contributed by atoms with Crippen molar-refractivity contribution in [1.29, 1.82) is 0 Å². The zero-order chi connectivity index (χ0) is 12.5. The molecule has 2 N–H and O–H groups in total. The summed E-state index contributed by atoms with van der Waals surface area (Å²) in [5.41, 5.74) is 8.58. The summed E-state index contributed by atoms with van der Waals surface area (Å²) in [5, 5.41) is 8.87. The Balaban J connectivity index is 1.95. The summed E-state index contributed by atoms with van der Waals surface area (Å²) < 4.78 is 2.05. The third-order valence-corrected chi connectivity index (χ3v) is 4.34. The molecular weight excluding hydrogens is 264 g/mol. The Morgan fingerprint density at radius 3 is 3.00 bits per heavy atom. The van der Waals surface area contributed by atoms with Crippen LogP contribution >= 0.6 is 23.1 Å². The lowest BCUT2D eigenvalue weighted by Gasteiger charge is -1.95. The lowest BCUT2D eigenvalue weighted by atomic mass is 10.3. The van der Waals surface area contributed by atoms with E-state index in [-0.39, 0.29) is 0 Å². The molecule has 0 aliphatic carbocycles. The molecule has 0 saturated heterocycles. The van der Waals surface area contributed by atoms with Crippen molar-refractivity contribution < 1.29 is 0 Å². The number of nitrogens with two attached hydrogens (primary N) is 1. The number of anilines is 1. The predicted molar refractivity (Wildman–Crippen MR) is 74.9 cm³/mol. The van der Waals surface area contributed by atoms with Gasteiger partial charge in [0, 0.05) is 5.69 Å². The van der Waals surface area contributed by atoms with E-state index in [1.165, 1.54) is 11.8 Å². The highest BCUT2D eigenvalue weighted by atomic mass is 32.2. The van der Waals surface area contributed by atoms with Crippen LogP contribution in [0.1, 0.15) is 5.56 Å². The molecule has 4 nitrogen and oxygen atoms in total. The van der Waals surface area contributed by atoms with Gasteiger partial charge in [-0.05, 0) is 48.5 Å². The predicted octanol–water partition coefficient (Wildman–Crippen LogP) is 3.13. The molecule has 0 atom stereocenters. The molecule has 0 aliphatic heterocycles. The van der Waals surface area contributed by atoms with E-state index in [0.29, 0.717) is 0 Å². The first kappa shape index (κ1) is 11.4. The van der Waals surface area contributed by atoms with Crippen LogP contribution < -0.4 is 5.73 Å². The molecule has 18 heavy (non-hydrogen) atoms. The number of rotatable bonds is 2. The van der Waals surface area contributed by atoms with Gasteiger partial charge in [-0.1, -0.05) is 0 Å².